The van der Waals surface area contributed by atoms with Gasteiger partial charge in [-0.3, -0.25) is 0 Å². The van der Waals surface area contributed by atoms with Crippen LogP contribution in [0.1, 0.15) is 0 Å². The minimum Gasteiger partial charge on any atom is -0.378 e. The highest BCUT2D eigenvalue weighted by Gasteiger charge is 2.05. The van der Waals surface area contributed by atoms with E-state index in [0.717, 1.165) is 5.69 Å². The molecule has 0 radical (unpaired) electrons. The summed E-state index contributed by atoms with van der Waals surface area (Å²) < 4.78 is 25.8. The Labute approximate surface area is 83.3 Å². The average molecular weight is 216 g/mol. The predicted molar refractivity (Wildman–Crippen MR) is 54.5 cm³/mol. The molecule has 1 aromatic carbocycles. The normalized spacial score (nSPS) is 11.1. The maximum absolute atomic E-state index is 10.6. The van der Waals surface area contributed by atoms with Gasteiger partial charge in [0.05, 0.1) is 0 Å². The lowest BCUT2D eigenvalue weighted by molar-refractivity contribution is 0.488. The van der Waals surface area contributed by atoms with E-state index in [0.29, 0.717) is 0 Å². The lowest BCUT2D eigenvalue weighted by atomic mass is 10.3. The molecule has 0 spiro atoms. The summed E-state index contributed by atoms with van der Waals surface area (Å²) >= 11 is 0. The zero-order valence-electron chi connectivity index (χ0n) is 7.97. The van der Waals surface area contributed by atoms with Gasteiger partial charge in [-0.1, -0.05) is 6.07 Å². The Hall–Kier alpha value is -1.27. The topological polar surface area (TPSA) is 72.6 Å². The van der Waals surface area contributed by atoms with Crippen LogP contribution in [-0.4, -0.2) is 22.5 Å². The summed E-state index contributed by atoms with van der Waals surface area (Å²) in [7, 11) is -0.252. The average Bonchev–Trinajstić information content (AvgIpc) is 2.01. The van der Waals surface area contributed by atoms with Crippen molar-refractivity contribution in [2.75, 3.05) is 19.0 Å². The van der Waals surface area contributed by atoms with Crippen LogP contribution in [0.3, 0.4) is 0 Å². The molecular formula is C8H12N2O3S. The van der Waals surface area contributed by atoms with E-state index < -0.39 is 10.3 Å². The van der Waals surface area contributed by atoms with E-state index >= 15 is 0 Å². The molecule has 1 rings (SSSR count). The van der Waals surface area contributed by atoms with Crippen molar-refractivity contribution in [3.05, 3.63) is 24.3 Å². The van der Waals surface area contributed by atoms with Crippen LogP contribution in [0.25, 0.3) is 0 Å². The number of anilines is 1. The van der Waals surface area contributed by atoms with Crippen LogP contribution in [0.4, 0.5) is 5.69 Å². The molecule has 2 N–H and O–H groups in total. The summed E-state index contributed by atoms with van der Waals surface area (Å²) in [4.78, 5) is 1.83. The lowest BCUT2D eigenvalue weighted by Crippen LogP contribution is -2.19. The molecule has 0 saturated heterocycles. The molecule has 0 amide bonds. The summed E-state index contributed by atoms with van der Waals surface area (Å²) in [5, 5.41) is 4.73. The molecule has 0 bridgehead atoms. The molecule has 14 heavy (non-hydrogen) atoms. The Bertz CT molecular complexity index is 414. The molecule has 0 aliphatic rings. The van der Waals surface area contributed by atoms with Crippen LogP contribution in [0.2, 0.25) is 0 Å². The second kappa shape index (κ2) is 3.85. The maximum Gasteiger partial charge on any atom is 0.380 e. The molecule has 1 aromatic rings. The van der Waals surface area contributed by atoms with Crippen LogP contribution >= 0.6 is 0 Å². The Kier molecular flexibility index (Phi) is 2.97. The van der Waals surface area contributed by atoms with E-state index in [-0.39, 0.29) is 5.75 Å². The first-order valence-corrected chi connectivity index (χ1v) is 5.35. The number of nitrogens with zero attached hydrogens (tertiary/aromatic N) is 1. The van der Waals surface area contributed by atoms with E-state index in [4.69, 9.17) is 5.14 Å². The van der Waals surface area contributed by atoms with Gasteiger partial charge in [0.25, 0.3) is 0 Å². The molecule has 78 valence electrons. The highest BCUT2D eigenvalue weighted by atomic mass is 32.2. The molecule has 0 aliphatic carbocycles. The second-order valence-corrected chi connectivity index (χ2v) is 4.12. The van der Waals surface area contributed by atoms with Crippen molar-refractivity contribution in [2.24, 2.45) is 5.14 Å². The third-order valence-corrected chi connectivity index (χ3v) is 1.97. The minimum atomic E-state index is -3.94. The van der Waals surface area contributed by atoms with Crippen molar-refractivity contribution in [3.63, 3.8) is 0 Å². The van der Waals surface area contributed by atoms with Crippen molar-refractivity contribution < 1.29 is 12.6 Å². The molecule has 0 heterocycles. The predicted octanol–water partition coefficient (Wildman–Crippen LogP) is 0.335. The zero-order valence-corrected chi connectivity index (χ0v) is 8.78. The van der Waals surface area contributed by atoms with Crippen LogP contribution in [0.5, 0.6) is 5.75 Å². The number of hydrogen-bond donors (Lipinski definition) is 1. The Balaban J connectivity index is 2.95. The van der Waals surface area contributed by atoms with Gasteiger partial charge in [0.15, 0.2) is 0 Å². The largest absolute Gasteiger partial charge is 0.380 e. The Morgan fingerprint density at radius 1 is 1.36 bits per heavy atom. The zero-order chi connectivity index (χ0) is 10.8. The fourth-order valence-electron chi connectivity index (χ4n) is 0.948. The molecule has 5 nitrogen and oxygen atoms in total. The molecule has 0 unspecified atom stereocenters. The maximum atomic E-state index is 10.6. The van der Waals surface area contributed by atoms with Gasteiger partial charge in [0.2, 0.25) is 0 Å². The van der Waals surface area contributed by atoms with Gasteiger partial charge in [0.1, 0.15) is 5.75 Å². The number of hydrogen-bond acceptors (Lipinski definition) is 4. The molecule has 0 aliphatic heterocycles. The Morgan fingerprint density at radius 3 is 2.50 bits per heavy atom. The van der Waals surface area contributed by atoms with E-state index in [2.05, 4.69) is 4.18 Å². The smallest absolute Gasteiger partial charge is 0.378 e. The van der Waals surface area contributed by atoms with Crippen LogP contribution < -0.4 is 14.2 Å². The Morgan fingerprint density at radius 2 is 2.00 bits per heavy atom. The first kappa shape index (κ1) is 10.8. The summed E-state index contributed by atoms with van der Waals surface area (Å²) in [5.74, 6) is 0.207. The van der Waals surface area contributed by atoms with Gasteiger partial charge in [0, 0.05) is 25.8 Å². The van der Waals surface area contributed by atoms with Gasteiger partial charge >= 0.3 is 10.3 Å². The van der Waals surface area contributed by atoms with E-state index in [1.165, 1.54) is 6.07 Å². The highest BCUT2D eigenvalue weighted by Crippen LogP contribution is 2.19. The first-order valence-electron chi connectivity index (χ1n) is 3.88. The summed E-state index contributed by atoms with van der Waals surface area (Å²) in [6, 6.07) is 6.63. The summed E-state index contributed by atoms with van der Waals surface area (Å²) in [6.45, 7) is 0. The summed E-state index contributed by atoms with van der Waals surface area (Å²) in [5.41, 5.74) is 0.839. The molecule has 6 heteroatoms. The SMILES string of the molecule is CN(C)c1cccc(OS(N)(=O)=O)c1. The fourth-order valence-corrected chi connectivity index (χ4v) is 1.32. The number of rotatable bonds is 3. The second-order valence-electron chi connectivity index (χ2n) is 2.97. The third kappa shape index (κ3) is 3.23. The molecule has 0 saturated carbocycles. The van der Waals surface area contributed by atoms with Crippen molar-refractivity contribution >= 4 is 16.0 Å². The van der Waals surface area contributed by atoms with Gasteiger partial charge in [-0.2, -0.15) is 13.6 Å². The van der Waals surface area contributed by atoms with Crippen molar-refractivity contribution in [3.8, 4) is 5.75 Å². The highest BCUT2D eigenvalue weighted by molar-refractivity contribution is 7.84. The van der Waals surface area contributed by atoms with Crippen molar-refractivity contribution in [2.45, 2.75) is 0 Å². The van der Waals surface area contributed by atoms with Gasteiger partial charge in [-0.05, 0) is 12.1 Å². The summed E-state index contributed by atoms with van der Waals surface area (Å²) in [6.07, 6.45) is 0. The fraction of sp³-hybridized carbons (Fsp3) is 0.250. The van der Waals surface area contributed by atoms with Crippen molar-refractivity contribution in [1.29, 1.82) is 0 Å². The monoisotopic (exact) mass is 216 g/mol. The lowest BCUT2D eigenvalue weighted by Gasteiger charge is -2.12. The van der Waals surface area contributed by atoms with Gasteiger partial charge < -0.3 is 9.08 Å². The van der Waals surface area contributed by atoms with Crippen LogP contribution in [0, 0.1) is 0 Å². The minimum absolute atomic E-state index is 0.207. The van der Waals surface area contributed by atoms with Crippen LogP contribution in [0.15, 0.2) is 24.3 Å². The van der Waals surface area contributed by atoms with Crippen molar-refractivity contribution in [1.82, 2.24) is 0 Å². The molecule has 0 atom stereocenters. The number of benzene rings is 1. The quantitative estimate of drug-likeness (QED) is 0.790. The van der Waals surface area contributed by atoms with Gasteiger partial charge in [-0.15, -0.1) is 0 Å². The number of nitrogens with two attached hydrogens (primary N) is 1. The first-order chi connectivity index (χ1) is 6.38. The van der Waals surface area contributed by atoms with E-state index in [1.54, 1.807) is 12.1 Å². The van der Waals surface area contributed by atoms with Gasteiger partial charge in [-0.25, -0.2) is 0 Å². The third-order valence-electron chi connectivity index (χ3n) is 1.55. The molecule has 0 fully saturated rings. The van der Waals surface area contributed by atoms with Crippen LogP contribution in [-0.2, 0) is 10.3 Å². The molecule has 0 aromatic heterocycles. The van der Waals surface area contributed by atoms with E-state index in [1.807, 2.05) is 25.1 Å². The standard InChI is InChI=1S/C8H12N2O3S/c1-10(2)7-4-3-5-8(6-7)13-14(9,11)12/h3-6H,1-2H3,(H2,9,11,12). The molecular weight excluding hydrogens is 204 g/mol. The van der Waals surface area contributed by atoms with E-state index in [9.17, 15) is 8.42 Å².